The van der Waals surface area contributed by atoms with Gasteiger partial charge in [0.15, 0.2) is 5.69 Å². The summed E-state index contributed by atoms with van der Waals surface area (Å²) in [7, 11) is 1.45. The Morgan fingerprint density at radius 2 is 1.77 bits per heavy atom. The minimum Gasteiger partial charge on any atom is -0.462 e. The SMILES string of the molecule is CCOC(=O)c1c(NC(=O)C(OC(=O)c2nn(C)c(=O)c3ccccc23)c2ccccc2)sc2c1CCC(C)C2. The van der Waals surface area contributed by atoms with E-state index in [-0.39, 0.29) is 17.9 Å². The van der Waals surface area contributed by atoms with Gasteiger partial charge in [0, 0.05) is 22.9 Å². The van der Waals surface area contributed by atoms with Crippen LogP contribution in [0.3, 0.4) is 0 Å². The number of hydrogen-bond donors (Lipinski definition) is 1. The van der Waals surface area contributed by atoms with Crippen LogP contribution in [0.1, 0.15) is 63.2 Å². The van der Waals surface area contributed by atoms with Gasteiger partial charge in [0.2, 0.25) is 6.10 Å². The number of benzene rings is 2. The van der Waals surface area contributed by atoms with E-state index in [9.17, 15) is 19.2 Å². The number of ether oxygens (including phenoxy) is 2. The number of carbonyl (C=O) groups excluding carboxylic acids is 3. The van der Waals surface area contributed by atoms with Gasteiger partial charge in [-0.1, -0.05) is 55.5 Å². The molecular formula is C30H29N3O6S. The molecule has 1 N–H and O–H groups in total. The Labute approximate surface area is 234 Å². The monoisotopic (exact) mass is 559 g/mol. The Balaban J connectivity index is 1.51. The molecule has 10 heteroatoms. The quantitative estimate of drug-likeness (QED) is 0.322. The Bertz CT molecular complexity index is 1660. The van der Waals surface area contributed by atoms with E-state index in [0.29, 0.717) is 32.8 Å². The first-order valence-electron chi connectivity index (χ1n) is 13.1. The molecule has 2 atom stereocenters. The van der Waals surface area contributed by atoms with Crippen LogP contribution in [-0.2, 0) is 34.2 Å². The zero-order chi connectivity index (χ0) is 28.4. The molecule has 4 aromatic rings. The molecule has 9 nitrogen and oxygen atoms in total. The summed E-state index contributed by atoms with van der Waals surface area (Å²) in [5.41, 5.74) is 1.28. The van der Waals surface area contributed by atoms with Crippen molar-refractivity contribution in [1.82, 2.24) is 9.78 Å². The molecule has 0 fully saturated rings. The first-order valence-corrected chi connectivity index (χ1v) is 13.9. The number of hydrogen-bond acceptors (Lipinski definition) is 8. The number of thiophene rings is 1. The zero-order valence-electron chi connectivity index (χ0n) is 22.4. The van der Waals surface area contributed by atoms with Gasteiger partial charge >= 0.3 is 11.9 Å². The third-order valence-corrected chi connectivity index (χ3v) is 8.11. The van der Waals surface area contributed by atoms with Gasteiger partial charge in [0.05, 0.1) is 17.6 Å². The molecular weight excluding hydrogens is 530 g/mol. The molecule has 0 radical (unpaired) electrons. The van der Waals surface area contributed by atoms with Crippen LogP contribution in [0.4, 0.5) is 5.00 Å². The van der Waals surface area contributed by atoms with Crippen molar-refractivity contribution in [2.45, 2.75) is 39.2 Å². The van der Waals surface area contributed by atoms with Crippen LogP contribution in [0.15, 0.2) is 59.4 Å². The number of aromatic nitrogens is 2. The molecule has 2 aromatic carbocycles. The number of rotatable bonds is 7. The van der Waals surface area contributed by atoms with E-state index in [1.165, 1.54) is 18.4 Å². The Kier molecular flexibility index (Phi) is 7.79. The highest BCUT2D eigenvalue weighted by Crippen LogP contribution is 2.40. The molecule has 1 aliphatic rings. The second-order valence-corrected chi connectivity index (χ2v) is 10.9. The first kappa shape index (κ1) is 27.3. The average Bonchev–Trinajstić information content (AvgIpc) is 3.30. The minimum absolute atomic E-state index is 0.0841. The average molecular weight is 560 g/mol. The number of aryl methyl sites for hydroxylation is 1. The van der Waals surface area contributed by atoms with Crippen LogP contribution in [0, 0.1) is 5.92 Å². The predicted octanol–water partition coefficient (Wildman–Crippen LogP) is 4.83. The van der Waals surface area contributed by atoms with E-state index in [2.05, 4.69) is 17.3 Å². The fourth-order valence-corrected chi connectivity index (χ4v) is 6.35. The minimum atomic E-state index is -1.35. The summed E-state index contributed by atoms with van der Waals surface area (Å²) in [5.74, 6) is -1.50. The second-order valence-electron chi connectivity index (χ2n) is 9.78. The lowest BCUT2D eigenvalue weighted by Gasteiger charge is -2.19. The number of nitrogens with zero attached hydrogens (tertiary/aromatic N) is 2. The smallest absolute Gasteiger partial charge is 0.360 e. The van der Waals surface area contributed by atoms with Gasteiger partial charge in [-0.05, 0) is 43.7 Å². The fraction of sp³-hybridized carbons (Fsp3) is 0.300. The van der Waals surface area contributed by atoms with E-state index in [1.54, 1.807) is 61.5 Å². The lowest BCUT2D eigenvalue weighted by Crippen LogP contribution is -2.28. The first-order chi connectivity index (χ1) is 19.3. The Hall–Kier alpha value is -4.31. The molecule has 1 amide bonds. The number of anilines is 1. The predicted molar refractivity (Wildman–Crippen MR) is 152 cm³/mol. The third-order valence-electron chi connectivity index (χ3n) is 6.94. The van der Waals surface area contributed by atoms with Crippen LogP contribution in [0.5, 0.6) is 0 Å². The molecule has 0 saturated heterocycles. The van der Waals surface area contributed by atoms with Gasteiger partial charge in [-0.2, -0.15) is 5.10 Å². The van der Waals surface area contributed by atoms with Crippen LogP contribution >= 0.6 is 11.3 Å². The van der Waals surface area contributed by atoms with Crippen LogP contribution < -0.4 is 10.9 Å². The maximum Gasteiger partial charge on any atom is 0.360 e. The maximum absolute atomic E-state index is 13.8. The molecule has 1 aliphatic carbocycles. The van der Waals surface area contributed by atoms with Gasteiger partial charge in [-0.3, -0.25) is 9.59 Å². The van der Waals surface area contributed by atoms with E-state index in [1.807, 2.05) is 0 Å². The summed E-state index contributed by atoms with van der Waals surface area (Å²) < 4.78 is 12.2. The molecule has 5 rings (SSSR count). The molecule has 206 valence electrons. The Morgan fingerprint density at radius 3 is 2.50 bits per heavy atom. The van der Waals surface area contributed by atoms with Crippen molar-refractivity contribution in [3.05, 3.63) is 92.2 Å². The molecule has 0 spiro atoms. The summed E-state index contributed by atoms with van der Waals surface area (Å²) >= 11 is 1.36. The van der Waals surface area contributed by atoms with Crippen molar-refractivity contribution in [3.63, 3.8) is 0 Å². The van der Waals surface area contributed by atoms with E-state index >= 15 is 0 Å². The molecule has 40 heavy (non-hydrogen) atoms. The highest BCUT2D eigenvalue weighted by atomic mass is 32.1. The lowest BCUT2D eigenvalue weighted by molar-refractivity contribution is -0.125. The number of amides is 1. The molecule has 2 aromatic heterocycles. The largest absolute Gasteiger partial charge is 0.462 e. The number of carbonyl (C=O) groups is 3. The second kappa shape index (κ2) is 11.4. The zero-order valence-corrected chi connectivity index (χ0v) is 23.2. The molecule has 2 unspecified atom stereocenters. The lowest BCUT2D eigenvalue weighted by atomic mass is 9.88. The summed E-state index contributed by atoms with van der Waals surface area (Å²) in [6.07, 6.45) is 1.12. The number of esters is 2. The Morgan fingerprint density at radius 1 is 1.07 bits per heavy atom. The van der Waals surface area contributed by atoms with Crippen molar-refractivity contribution in [1.29, 1.82) is 0 Å². The van der Waals surface area contributed by atoms with Gasteiger partial charge in [0.1, 0.15) is 5.00 Å². The normalized spacial score (nSPS) is 15.2. The maximum atomic E-state index is 13.8. The highest BCUT2D eigenvalue weighted by molar-refractivity contribution is 7.17. The molecule has 0 saturated carbocycles. The van der Waals surface area contributed by atoms with Crippen molar-refractivity contribution < 1.29 is 23.9 Å². The van der Waals surface area contributed by atoms with Crippen molar-refractivity contribution >= 4 is 45.0 Å². The topological polar surface area (TPSA) is 117 Å². The molecule has 2 heterocycles. The van der Waals surface area contributed by atoms with E-state index in [4.69, 9.17) is 9.47 Å². The summed E-state index contributed by atoms with van der Waals surface area (Å²) in [6, 6.07) is 15.2. The summed E-state index contributed by atoms with van der Waals surface area (Å²) in [4.78, 5) is 53.8. The van der Waals surface area contributed by atoms with Gasteiger partial charge in [-0.25, -0.2) is 14.3 Å². The van der Waals surface area contributed by atoms with Crippen molar-refractivity contribution in [2.75, 3.05) is 11.9 Å². The fourth-order valence-electron chi connectivity index (χ4n) is 4.95. The van der Waals surface area contributed by atoms with Crippen LogP contribution in [-0.4, -0.2) is 34.2 Å². The summed E-state index contributed by atoms with van der Waals surface area (Å²) in [5, 5.41) is 8.02. The van der Waals surface area contributed by atoms with E-state index < -0.39 is 23.9 Å². The third kappa shape index (κ3) is 5.27. The highest BCUT2D eigenvalue weighted by Gasteiger charge is 2.33. The van der Waals surface area contributed by atoms with Crippen LogP contribution in [0.2, 0.25) is 0 Å². The number of fused-ring (bicyclic) bond motifs is 2. The van der Waals surface area contributed by atoms with Crippen molar-refractivity contribution in [3.8, 4) is 0 Å². The summed E-state index contributed by atoms with van der Waals surface area (Å²) in [6.45, 7) is 4.10. The standard InChI is InChI=1S/C30H29N3O6S/c1-4-38-29(36)23-21-15-14-17(2)16-22(21)40-27(23)31-26(34)25(18-10-6-5-7-11-18)39-30(37)24-19-12-8-9-13-20(19)28(35)33(3)32-24/h5-13,17,25H,4,14-16H2,1-3H3,(H,31,34). The molecule has 0 aliphatic heterocycles. The molecule has 0 bridgehead atoms. The van der Waals surface area contributed by atoms with Gasteiger partial charge < -0.3 is 14.8 Å². The van der Waals surface area contributed by atoms with Crippen LogP contribution in [0.25, 0.3) is 10.8 Å². The number of nitrogens with one attached hydrogen (secondary N) is 1. The van der Waals surface area contributed by atoms with Gasteiger partial charge in [0.25, 0.3) is 11.5 Å². The van der Waals surface area contributed by atoms with Crippen molar-refractivity contribution in [2.24, 2.45) is 13.0 Å². The van der Waals surface area contributed by atoms with Gasteiger partial charge in [-0.15, -0.1) is 11.3 Å². The van der Waals surface area contributed by atoms with E-state index in [0.717, 1.165) is 34.4 Å².